The van der Waals surface area contributed by atoms with Crippen LogP contribution in [-0.4, -0.2) is 23.8 Å². The number of rotatable bonds is 6. The van der Waals surface area contributed by atoms with E-state index in [1.165, 1.54) is 17.4 Å². The van der Waals surface area contributed by atoms with E-state index in [2.05, 4.69) is 10.3 Å². The Morgan fingerprint density at radius 1 is 1.23 bits per heavy atom. The number of hydrogen-bond acceptors (Lipinski definition) is 5. The zero-order valence-electron chi connectivity index (χ0n) is 13.7. The summed E-state index contributed by atoms with van der Waals surface area (Å²) in [5.41, 5.74) is 1.54. The normalized spacial score (nSPS) is 10.6. The number of hydrogen-bond donors (Lipinski definition) is 1. The van der Waals surface area contributed by atoms with Crippen molar-refractivity contribution < 1.29 is 18.3 Å². The molecule has 4 nitrogen and oxygen atoms in total. The molecule has 0 radical (unpaired) electrons. The fourth-order valence-corrected chi connectivity index (χ4v) is 3.63. The number of methoxy groups -OCH3 is 1. The van der Waals surface area contributed by atoms with E-state index in [9.17, 15) is 13.6 Å². The quantitative estimate of drug-likeness (QED) is 0.611. The number of aromatic nitrogens is 1. The van der Waals surface area contributed by atoms with Crippen LogP contribution < -0.4 is 10.1 Å². The van der Waals surface area contributed by atoms with Crippen LogP contribution in [0.4, 0.5) is 13.9 Å². The van der Waals surface area contributed by atoms with Crippen molar-refractivity contribution in [3.05, 3.63) is 59.5 Å². The second kappa shape index (κ2) is 8.29. The Morgan fingerprint density at radius 2 is 2.04 bits per heavy atom. The summed E-state index contributed by atoms with van der Waals surface area (Å²) in [6.45, 7) is 0. The van der Waals surface area contributed by atoms with E-state index in [0.29, 0.717) is 21.5 Å². The van der Waals surface area contributed by atoms with E-state index in [0.717, 1.165) is 29.5 Å². The highest BCUT2D eigenvalue weighted by Crippen LogP contribution is 2.32. The predicted octanol–water partition coefficient (Wildman–Crippen LogP) is 4.83. The summed E-state index contributed by atoms with van der Waals surface area (Å²) in [7, 11) is 1.59. The predicted molar refractivity (Wildman–Crippen MR) is 99.8 cm³/mol. The second-order valence-electron chi connectivity index (χ2n) is 5.15. The van der Waals surface area contributed by atoms with Gasteiger partial charge in [-0.15, -0.1) is 23.1 Å². The Kier molecular flexibility index (Phi) is 5.85. The van der Waals surface area contributed by atoms with Crippen LogP contribution in [0.2, 0.25) is 0 Å². The maximum atomic E-state index is 13.2. The first-order valence-corrected chi connectivity index (χ1v) is 9.40. The van der Waals surface area contributed by atoms with Crippen LogP contribution in [-0.2, 0) is 4.79 Å². The molecule has 1 amide bonds. The van der Waals surface area contributed by atoms with E-state index >= 15 is 0 Å². The molecule has 0 aliphatic carbocycles. The molecule has 8 heteroatoms. The zero-order valence-corrected chi connectivity index (χ0v) is 15.3. The zero-order chi connectivity index (χ0) is 18.5. The topological polar surface area (TPSA) is 51.2 Å². The van der Waals surface area contributed by atoms with Crippen LogP contribution in [0.25, 0.3) is 11.3 Å². The lowest BCUT2D eigenvalue weighted by Gasteiger charge is -2.05. The summed E-state index contributed by atoms with van der Waals surface area (Å²) in [6, 6.07) is 11.0. The lowest BCUT2D eigenvalue weighted by atomic mass is 10.1. The molecule has 1 aromatic heterocycles. The first-order valence-electron chi connectivity index (χ1n) is 7.53. The Morgan fingerprint density at radius 3 is 2.81 bits per heavy atom. The third kappa shape index (κ3) is 4.39. The number of carbonyl (C=O) groups is 1. The third-order valence-corrected chi connectivity index (χ3v) is 5.15. The lowest BCUT2D eigenvalue weighted by molar-refractivity contribution is -0.113. The number of nitrogens with zero attached hydrogens (tertiary/aromatic N) is 1. The van der Waals surface area contributed by atoms with Gasteiger partial charge in [-0.05, 0) is 30.3 Å². The molecule has 0 bridgehead atoms. The lowest BCUT2D eigenvalue weighted by Crippen LogP contribution is -2.13. The Labute approximate surface area is 157 Å². The van der Waals surface area contributed by atoms with Gasteiger partial charge in [-0.1, -0.05) is 12.1 Å². The molecule has 0 saturated heterocycles. The SMILES string of the molecule is COc1ccccc1-c1csc(NC(=O)CSc2ccc(F)c(F)c2)n1. The van der Waals surface area contributed by atoms with E-state index in [1.54, 1.807) is 7.11 Å². The number of carbonyl (C=O) groups excluding carboxylic acids is 1. The minimum atomic E-state index is -0.934. The summed E-state index contributed by atoms with van der Waals surface area (Å²) in [5.74, 6) is -1.36. The molecule has 0 saturated carbocycles. The van der Waals surface area contributed by atoms with Crippen LogP contribution in [0, 0.1) is 11.6 Å². The first kappa shape index (κ1) is 18.3. The molecule has 3 aromatic rings. The van der Waals surface area contributed by atoms with Crippen molar-refractivity contribution in [1.82, 2.24) is 4.98 Å². The number of benzene rings is 2. The fourth-order valence-electron chi connectivity index (χ4n) is 2.18. The van der Waals surface area contributed by atoms with Crippen LogP contribution in [0.15, 0.2) is 52.7 Å². The van der Waals surface area contributed by atoms with Crippen molar-refractivity contribution in [2.45, 2.75) is 4.90 Å². The van der Waals surface area contributed by atoms with Crippen LogP contribution in [0.3, 0.4) is 0 Å². The molecule has 3 rings (SSSR count). The van der Waals surface area contributed by atoms with Crippen molar-refractivity contribution in [2.75, 3.05) is 18.2 Å². The number of thiazole rings is 1. The molecule has 0 aliphatic heterocycles. The first-order chi connectivity index (χ1) is 12.6. The maximum Gasteiger partial charge on any atom is 0.236 e. The van der Waals surface area contributed by atoms with Crippen molar-refractivity contribution in [3.63, 3.8) is 0 Å². The summed E-state index contributed by atoms with van der Waals surface area (Å²) in [5, 5.41) is 4.99. The Hall–Kier alpha value is -2.45. The average Bonchev–Trinajstić information content (AvgIpc) is 3.11. The van der Waals surface area contributed by atoms with E-state index < -0.39 is 11.6 Å². The summed E-state index contributed by atoms with van der Waals surface area (Å²) in [6.07, 6.45) is 0. The van der Waals surface area contributed by atoms with E-state index in [1.807, 2.05) is 29.6 Å². The van der Waals surface area contributed by atoms with Gasteiger partial charge in [0.25, 0.3) is 0 Å². The molecule has 1 heterocycles. The Bertz CT molecular complexity index is 931. The summed E-state index contributed by atoms with van der Waals surface area (Å²) < 4.78 is 31.4. The number of para-hydroxylation sites is 1. The molecular formula is C18H14F2N2O2S2. The standard InChI is InChI=1S/C18H14F2N2O2S2/c1-24-16-5-3-2-4-12(16)15-9-26-18(21-15)22-17(23)10-25-11-6-7-13(19)14(20)8-11/h2-9H,10H2,1H3,(H,21,22,23). The number of ether oxygens (including phenoxy) is 1. The highest BCUT2D eigenvalue weighted by atomic mass is 32.2. The summed E-state index contributed by atoms with van der Waals surface area (Å²) in [4.78, 5) is 16.9. The number of anilines is 1. The molecule has 134 valence electrons. The van der Waals surface area contributed by atoms with Gasteiger partial charge in [-0.2, -0.15) is 0 Å². The van der Waals surface area contributed by atoms with Crippen LogP contribution in [0.5, 0.6) is 5.75 Å². The van der Waals surface area contributed by atoms with Crippen molar-refractivity contribution in [3.8, 4) is 17.0 Å². The largest absolute Gasteiger partial charge is 0.496 e. The molecule has 2 aromatic carbocycles. The second-order valence-corrected chi connectivity index (χ2v) is 7.06. The summed E-state index contributed by atoms with van der Waals surface area (Å²) >= 11 is 2.42. The van der Waals surface area contributed by atoms with Gasteiger partial charge in [-0.25, -0.2) is 13.8 Å². The van der Waals surface area contributed by atoms with Gasteiger partial charge in [0.05, 0.1) is 18.6 Å². The van der Waals surface area contributed by atoms with Crippen molar-refractivity contribution in [1.29, 1.82) is 0 Å². The fraction of sp³-hybridized carbons (Fsp3) is 0.111. The maximum absolute atomic E-state index is 13.2. The number of amides is 1. The van der Waals surface area contributed by atoms with Gasteiger partial charge in [0.15, 0.2) is 16.8 Å². The molecule has 0 aliphatic rings. The smallest absolute Gasteiger partial charge is 0.236 e. The average molecular weight is 392 g/mol. The minimum absolute atomic E-state index is 0.0641. The van der Waals surface area contributed by atoms with Gasteiger partial charge >= 0.3 is 0 Å². The molecule has 0 unspecified atom stereocenters. The van der Waals surface area contributed by atoms with Gasteiger partial charge in [-0.3, -0.25) is 4.79 Å². The molecule has 0 spiro atoms. The molecule has 0 atom stereocenters. The highest BCUT2D eigenvalue weighted by Gasteiger charge is 2.12. The van der Waals surface area contributed by atoms with Crippen molar-refractivity contribution in [2.24, 2.45) is 0 Å². The third-order valence-electron chi connectivity index (χ3n) is 3.39. The van der Waals surface area contributed by atoms with E-state index in [4.69, 9.17) is 4.74 Å². The van der Waals surface area contributed by atoms with Gasteiger partial charge in [0.2, 0.25) is 5.91 Å². The van der Waals surface area contributed by atoms with E-state index in [-0.39, 0.29) is 11.7 Å². The van der Waals surface area contributed by atoms with Gasteiger partial charge in [0.1, 0.15) is 5.75 Å². The molecule has 1 N–H and O–H groups in total. The number of halogens is 2. The molecule has 26 heavy (non-hydrogen) atoms. The van der Waals surface area contributed by atoms with Crippen molar-refractivity contribution >= 4 is 34.1 Å². The number of nitrogens with one attached hydrogen (secondary N) is 1. The molecule has 0 fully saturated rings. The monoisotopic (exact) mass is 392 g/mol. The molecular weight excluding hydrogens is 378 g/mol. The minimum Gasteiger partial charge on any atom is -0.496 e. The number of thioether (sulfide) groups is 1. The Balaban J connectivity index is 1.61. The van der Waals surface area contributed by atoms with Gasteiger partial charge in [0, 0.05) is 15.8 Å². The van der Waals surface area contributed by atoms with Gasteiger partial charge < -0.3 is 10.1 Å². The van der Waals surface area contributed by atoms with Crippen LogP contribution in [0.1, 0.15) is 0 Å². The highest BCUT2D eigenvalue weighted by molar-refractivity contribution is 8.00. The van der Waals surface area contributed by atoms with Crippen LogP contribution >= 0.6 is 23.1 Å².